The molecule has 0 fully saturated rings. The quantitative estimate of drug-likeness (QED) is 0.477. The fraction of sp³-hybridized carbons (Fsp3) is 0.250. The summed E-state index contributed by atoms with van der Waals surface area (Å²) in [5.41, 5.74) is 1.31. The molecule has 0 radical (unpaired) electrons. The lowest BCUT2D eigenvalue weighted by atomic mass is 10.1. The van der Waals surface area contributed by atoms with Crippen LogP contribution in [0.4, 0.5) is 11.4 Å². The van der Waals surface area contributed by atoms with E-state index in [-0.39, 0.29) is 5.69 Å². The summed E-state index contributed by atoms with van der Waals surface area (Å²) in [7, 11) is 1.87. The number of benzene rings is 1. The van der Waals surface area contributed by atoms with Gasteiger partial charge in [-0.3, -0.25) is 10.1 Å². The second-order valence-electron chi connectivity index (χ2n) is 3.82. The number of anilines is 1. The molecule has 0 atom stereocenters. The number of nitrogens with zero attached hydrogens (tertiary/aromatic N) is 2. The van der Waals surface area contributed by atoms with Crippen molar-refractivity contribution in [3.05, 3.63) is 40.6 Å². The lowest BCUT2D eigenvalue weighted by Gasteiger charge is -2.08. The third-order valence-electron chi connectivity index (χ3n) is 2.64. The lowest BCUT2D eigenvalue weighted by Crippen LogP contribution is -2.17. The van der Waals surface area contributed by atoms with Crippen molar-refractivity contribution in [3.63, 3.8) is 0 Å². The first kappa shape index (κ1) is 12.3. The van der Waals surface area contributed by atoms with Gasteiger partial charge in [-0.25, -0.2) is 4.98 Å². The summed E-state index contributed by atoms with van der Waals surface area (Å²) in [6, 6.07) is 6.79. The molecule has 0 aliphatic carbocycles. The first-order valence-corrected chi connectivity index (χ1v) is 5.64. The maximum Gasteiger partial charge on any atom is 0.295 e. The molecule has 18 heavy (non-hydrogen) atoms. The molecule has 0 aliphatic rings. The minimum Gasteiger partial charge on any atom is -0.383 e. The Morgan fingerprint density at radius 1 is 1.33 bits per heavy atom. The van der Waals surface area contributed by atoms with Crippen molar-refractivity contribution in [1.29, 1.82) is 0 Å². The Labute approximate surface area is 104 Å². The molecule has 6 heteroatoms. The predicted octanol–water partition coefficient (Wildman–Crippen LogP) is 1.77. The number of para-hydroxylation sites is 1. The molecule has 6 nitrogen and oxygen atoms in total. The van der Waals surface area contributed by atoms with Crippen molar-refractivity contribution < 1.29 is 4.92 Å². The summed E-state index contributed by atoms with van der Waals surface area (Å²) in [6.07, 6.45) is 1.58. The molecule has 0 spiro atoms. The van der Waals surface area contributed by atoms with Gasteiger partial charge in [0.15, 0.2) is 0 Å². The highest BCUT2D eigenvalue weighted by atomic mass is 16.6. The van der Waals surface area contributed by atoms with E-state index in [1.54, 1.807) is 12.3 Å². The highest BCUT2D eigenvalue weighted by Gasteiger charge is 2.13. The normalized spacial score (nSPS) is 10.5. The van der Waals surface area contributed by atoms with E-state index in [9.17, 15) is 10.1 Å². The van der Waals surface area contributed by atoms with Gasteiger partial charge < -0.3 is 10.6 Å². The number of hydrogen-bond acceptors (Lipinski definition) is 5. The van der Waals surface area contributed by atoms with Crippen LogP contribution in [0.15, 0.2) is 30.5 Å². The van der Waals surface area contributed by atoms with Crippen LogP contribution < -0.4 is 10.6 Å². The summed E-state index contributed by atoms with van der Waals surface area (Å²) < 4.78 is 0. The summed E-state index contributed by atoms with van der Waals surface area (Å²) in [4.78, 5) is 14.6. The topological polar surface area (TPSA) is 80.1 Å². The Morgan fingerprint density at radius 3 is 2.89 bits per heavy atom. The van der Waals surface area contributed by atoms with E-state index in [0.29, 0.717) is 5.52 Å². The van der Waals surface area contributed by atoms with Crippen LogP contribution in [0.25, 0.3) is 10.9 Å². The first-order valence-electron chi connectivity index (χ1n) is 5.64. The monoisotopic (exact) mass is 246 g/mol. The minimum atomic E-state index is -0.410. The summed E-state index contributed by atoms with van der Waals surface area (Å²) in [5.74, 6) is 0. The number of rotatable bonds is 5. The third kappa shape index (κ3) is 2.38. The molecule has 0 saturated heterocycles. The summed E-state index contributed by atoms with van der Waals surface area (Å²) in [6.45, 7) is 1.57. The van der Waals surface area contributed by atoms with Gasteiger partial charge in [0.1, 0.15) is 5.52 Å². The molecule has 0 amide bonds. The molecular weight excluding hydrogens is 232 g/mol. The largest absolute Gasteiger partial charge is 0.383 e. The number of nitro benzene ring substituents is 1. The molecule has 0 bridgehead atoms. The average molecular weight is 246 g/mol. The maximum absolute atomic E-state index is 10.9. The van der Waals surface area contributed by atoms with Crippen molar-refractivity contribution in [2.24, 2.45) is 0 Å². The van der Waals surface area contributed by atoms with Crippen LogP contribution in [-0.2, 0) is 0 Å². The van der Waals surface area contributed by atoms with Gasteiger partial charge in [0, 0.05) is 36.4 Å². The van der Waals surface area contributed by atoms with Crippen LogP contribution in [0.1, 0.15) is 0 Å². The molecule has 1 heterocycles. The molecule has 0 saturated carbocycles. The summed E-state index contributed by atoms with van der Waals surface area (Å²) >= 11 is 0. The van der Waals surface area contributed by atoms with E-state index in [4.69, 9.17) is 0 Å². The van der Waals surface area contributed by atoms with Gasteiger partial charge in [0.05, 0.1) is 4.92 Å². The van der Waals surface area contributed by atoms with Gasteiger partial charge in [-0.1, -0.05) is 12.1 Å². The van der Waals surface area contributed by atoms with Gasteiger partial charge in [-0.15, -0.1) is 0 Å². The Hall–Kier alpha value is -2.21. The number of nitrogens with one attached hydrogen (secondary N) is 2. The minimum absolute atomic E-state index is 0.0322. The molecule has 0 aliphatic heterocycles. The van der Waals surface area contributed by atoms with Crippen molar-refractivity contribution >= 4 is 22.3 Å². The number of non-ortho nitro benzene ring substituents is 1. The van der Waals surface area contributed by atoms with Crippen molar-refractivity contribution in [2.75, 3.05) is 25.5 Å². The highest BCUT2D eigenvalue weighted by molar-refractivity contribution is 5.96. The zero-order valence-corrected chi connectivity index (χ0v) is 10.0. The van der Waals surface area contributed by atoms with Crippen LogP contribution in [0.2, 0.25) is 0 Å². The van der Waals surface area contributed by atoms with E-state index >= 15 is 0 Å². The Balaban J connectivity index is 2.43. The van der Waals surface area contributed by atoms with Gasteiger partial charge >= 0.3 is 0 Å². The van der Waals surface area contributed by atoms with Crippen LogP contribution in [0, 0.1) is 10.1 Å². The van der Waals surface area contributed by atoms with Gasteiger partial charge in [-0.2, -0.15) is 0 Å². The zero-order valence-electron chi connectivity index (χ0n) is 10.0. The fourth-order valence-corrected chi connectivity index (χ4v) is 1.78. The van der Waals surface area contributed by atoms with E-state index in [2.05, 4.69) is 15.6 Å². The van der Waals surface area contributed by atoms with Gasteiger partial charge in [0.25, 0.3) is 5.69 Å². The standard InChI is InChI=1S/C12H14N4O2/c1-13-7-8-14-10-5-6-15-12-9(10)3-2-4-11(12)16(17)18/h2-6,13H,7-8H2,1H3,(H,14,15). The zero-order chi connectivity index (χ0) is 13.0. The van der Waals surface area contributed by atoms with E-state index in [1.165, 1.54) is 6.07 Å². The van der Waals surface area contributed by atoms with Crippen molar-refractivity contribution in [1.82, 2.24) is 10.3 Å². The predicted molar refractivity (Wildman–Crippen MR) is 70.8 cm³/mol. The maximum atomic E-state index is 10.9. The van der Waals surface area contributed by atoms with E-state index in [0.717, 1.165) is 24.2 Å². The van der Waals surface area contributed by atoms with Crippen LogP contribution in [-0.4, -0.2) is 30.0 Å². The number of hydrogen-bond donors (Lipinski definition) is 2. The number of pyridine rings is 1. The third-order valence-corrected chi connectivity index (χ3v) is 2.64. The number of aromatic nitrogens is 1. The molecule has 2 N–H and O–H groups in total. The second kappa shape index (κ2) is 5.42. The van der Waals surface area contributed by atoms with Gasteiger partial charge in [-0.05, 0) is 13.1 Å². The van der Waals surface area contributed by atoms with E-state index < -0.39 is 4.92 Å². The average Bonchev–Trinajstić information content (AvgIpc) is 2.38. The smallest absolute Gasteiger partial charge is 0.295 e. The number of likely N-dealkylation sites (N-methyl/N-ethyl adjacent to an activating group) is 1. The lowest BCUT2D eigenvalue weighted by molar-refractivity contribution is -0.383. The van der Waals surface area contributed by atoms with Crippen LogP contribution in [0.5, 0.6) is 0 Å². The SMILES string of the molecule is CNCCNc1ccnc2c([N+](=O)[O-])cccc12. The Bertz CT molecular complexity index is 571. The first-order chi connectivity index (χ1) is 8.74. The fourth-order valence-electron chi connectivity index (χ4n) is 1.78. The summed E-state index contributed by atoms with van der Waals surface area (Å²) in [5, 5.41) is 17.9. The number of nitro groups is 1. The van der Waals surface area contributed by atoms with E-state index in [1.807, 2.05) is 19.2 Å². The molecule has 1 aromatic heterocycles. The highest BCUT2D eigenvalue weighted by Crippen LogP contribution is 2.28. The Kier molecular flexibility index (Phi) is 3.69. The van der Waals surface area contributed by atoms with Crippen molar-refractivity contribution in [3.8, 4) is 0 Å². The molecule has 1 aromatic carbocycles. The molecule has 2 rings (SSSR count). The molecular formula is C12H14N4O2. The molecule has 2 aromatic rings. The van der Waals surface area contributed by atoms with Gasteiger partial charge in [0.2, 0.25) is 0 Å². The Morgan fingerprint density at radius 2 is 2.17 bits per heavy atom. The van der Waals surface area contributed by atoms with Crippen LogP contribution in [0.3, 0.4) is 0 Å². The molecule has 0 unspecified atom stereocenters. The van der Waals surface area contributed by atoms with Crippen LogP contribution >= 0.6 is 0 Å². The molecule has 94 valence electrons. The van der Waals surface area contributed by atoms with Crippen molar-refractivity contribution in [2.45, 2.75) is 0 Å². The number of fused-ring (bicyclic) bond motifs is 1. The second-order valence-corrected chi connectivity index (χ2v) is 3.82.